The van der Waals surface area contributed by atoms with Gasteiger partial charge in [-0.15, -0.1) is 25.2 Å². The molecule has 0 saturated heterocycles. The summed E-state index contributed by atoms with van der Waals surface area (Å²) in [4.78, 5) is 13.0. The van der Waals surface area contributed by atoms with Gasteiger partial charge in [-0.3, -0.25) is 4.79 Å². The zero-order valence-electron chi connectivity index (χ0n) is 15.4. The Morgan fingerprint density at radius 3 is 2.82 bits per heavy atom. The Hall–Kier alpha value is -3.34. The number of tetrazole rings is 1. The highest BCUT2D eigenvalue weighted by Gasteiger charge is 2.19. The van der Waals surface area contributed by atoms with Crippen molar-refractivity contribution in [2.24, 2.45) is 7.05 Å². The molecule has 142 valence electrons. The van der Waals surface area contributed by atoms with Crippen molar-refractivity contribution in [3.8, 4) is 17.1 Å². The lowest BCUT2D eigenvalue weighted by Gasteiger charge is -2.07. The van der Waals surface area contributed by atoms with Crippen LogP contribution in [0.2, 0.25) is 0 Å². The lowest BCUT2D eigenvalue weighted by molar-refractivity contribution is 0.717. The van der Waals surface area contributed by atoms with E-state index in [1.165, 1.54) is 28.8 Å². The van der Waals surface area contributed by atoms with Crippen molar-refractivity contribution >= 4 is 11.8 Å². The van der Waals surface area contributed by atoms with Crippen LogP contribution >= 0.6 is 11.8 Å². The van der Waals surface area contributed by atoms with Crippen LogP contribution in [0.3, 0.4) is 0 Å². The molecule has 1 N–H and O–H groups in total. The molecular weight excluding hydrogens is 378 g/mol. The fourth-order valence-electron chi connectivity index (χ4n) is 2.63. The molecular formula is C17H17N9OS. The summed E-state index contributed by atoms with van der Waals surface area (Å²) in [7, 11) is 1.84. The number of nitrogens with zero attached hydrogens (tertiary/aromatic N) is 8. The Balaban J connectivity index is 1.55. The zero-order valence-corrected chi connectivity index (χ0v) is 16.3. The molecule has 1 aromatic carbocycles. The van der Waals surface area contributed by atoms with Crippen LogP contribution < -0.4 is 5.56 Å². The maximum atomic E-state index is 11.5. The molecule has 4 rings (SSSR count). The second-order valence-electron chi connectivity index (χ2n) is 6.24. The van der Waals surface area contributed by atoms with Crippen molar-refractivity contribution in [3.63, 3.8) is 0 Å². The van der Waals surface area contributed by atoms with Crippen LogP contribution in [0.1, 0.15) is 23.6 Å². The molecule has 3 aromatic heterocycles. The second-order valence-corrected chi connectivity index (χ2v) is 7.54. The van der Waals surface area contributed by atoms with Crippen molar-refractivity contribution < 1.29 is 0 Å². The van der Waals surface area contributed by atoms with Gasteiger partial charge in [0.05, 0.1) is 17.1 Å². The van der Waals surface area contributed by atoms with Crippen LogP contribution in [0.15, 0.2) is 46.5 Å². The van der Waals surface area contributed by atoms with Gasteiger partial charge < -0.3 is 4.57 Å². The minimum atomic E-state index is -0.292. The molecule has 0 aliphatic carbocycles. The molecule has 1 atom stereocenters. The summed E-state index contributed by atoms with van der Waals surface area (Å²) in [5, 5.41) is 27.9. The van der Waals surface area contributed by atoms with Crippen molar-refractivity contribution in [3.05, 3.63) is 58.3 Å². The van der Waals surface area contributed by atoms with Crippen LogP contribution in [0.4, 0.5) is 0 Å². The number of thioether (sulfide) groups is 1. The molecule has 0 aliphatic rings. The Kier molecular flexibility index (Phi) is 4.74. The Morgan fingerprint density at radius 1 is 1.18 bits per heavy atom. The molecule has 0 radical (unpaired) electrons. The third kappa shape index (κ3) is 3.56. The van der Waals surface area contributed by atoms with Gasteiger partial charge in [0, 0.05) is 18.7 Å². The van der Waals surface area contributed by atoms with Crippen molar-refractivity contribution in [1.82, 2.24) is 45.2 Å². The van der Waals surface area contributed by atoms with Crippen LogP contribution in [-0.4, -0.2) is 45.2 Å². The van der Waals surface area contributed by atoms with Gasteiger partial charge in [0.1, 0.15) is 0 Å². The van der Waals surface area contributed by atoms with E-state index in [1.54, 1.807) is 0 Å². The summed E-state index contributed by atoms with van der Waals surface area (Å²) >= 11 is 1.46. The molecule has 0 spiro atoms. The molecule has 0 amide bonds. The molecule has 0 aliphatic heterocycles. The number of aromatic amines is 1. The average Bonchev–Trinajstić information content (AvgIpc) is 3.30. The molecule has 3 heterocycles. The van der Waals surface area contributed by atoms with Crippen molar-refractivity contribution in [1.29, 1.82) is 0 Å². The monoisotopic (exact) mass is 395 g/mol. The lowest BCUT2D eigenvalue weighted by Crippen LogP contribution is -2.07. The maximum absolute atomic E-state index is 11.5. The van der Waals surface area contributed by atoms with E-state index in [-0.39, 0.29) is 10.8 Å². The summed E-state index contributed by atoms with van der Waals surface area (Å²) in [6, 6.07) is 9.33. The van der Waals surface area contributed by atoms with E-state index >= 15 is 0 Å². The third-order valence-corrected chi connectivity index (χ3v) is 5.20. The number of nitrogens with one attached hydrogen (secondary N) is 1. The van der Waals surface area contributed by atoms with Gasteiger partial charge in [-0.25, -0.2) is 5.10 Å². The fraction of sp³-hybridized carbons (Fsp3) is 0.235. The first-order valence-electron chi connectivity index (χ1n) is 8.49. The van der Waals surface area contributed by atoms with E-state index in [0.717, 1.165) is 11.3 Å². The smallest absolute Gasteiger partial charge is 0.264 e. The quantitative estimate of drug-likeness (QED) is 0.507. The molecule has 4 aromatic rings. The number of aryl methyl sites for hydroxylation is 1. The largest absolute Gasteiger partial charge is 0.305 e. The Morgan fingerprint density at radius 2 is 2.04 bits per heavy atom. The predicted molar refractivity (Wildman–Crippen MR) is 103 cm³/mol. The number of hydrogen-bond donors (Lipinski definition) is 1. The second kappa shape index (κ2) is 7.35. The van der Waals surface area contributed by atoms with Crippen LogP contribution in [0.25, 0.3) is 17.1 Å². The summed E-state index contributed by atoms with van der Waals surface area (Å²) in [6.45, 7) is 3.99. The SMILES string of the molecule is Cc1cccc(-n2nnc([C@@H](C)Sc3nnc(-c4cn[nH]c(=O)c4)n3C)n2)c1. The zero-order chi connectivity index (χ0) is 19.7. The third-order valence-electron chi connectivity index (χ3n) is 4.07. The van der Waals surface area contributed by atoms with Crippen LogP contribution in [0.5, 0.6) is 0 Å². The highest BCUT2D eigenvalue weighted by molar-refractivity contribution is 7.99. The molecule has 0 unspecified atom stereocenters. The van der Waals surface area contributed by atoms with Gasteiger partial charge in [0.15, 0.2) is 16.8 Å². The predicted octanol–water partition coefficient (Wildman–Crippen LogP) is 1.70. The average molecular weight is 395 g/mol. The normalized spacial score (nSPS) is 12.2. The van der Waals surface area contributed by atoms with Crippen LogP contribution in [0, 0.1) is 6.92 Å². The van der Waals surface area contributed by atoms with Gasteiger partial charge in [0.25, 0.3) is 5.56 Å². The Labute approximate surface area is 164 Å². The molecule has 10 nitrogen and oxygen atoms in total. The number of aromatic nitrogens is 9. The van der Waals surface area contributed by atoms with E-state index in [2.05, 4.69) is 35.8 Å². The fourth-order valence-corrected chi connectivity index (χ4v) is 3.48. The highest BCUT2D eigenvalue weighted by atomic mass is 32.2. The van der Waals surface area contributed by atoms with Gasteiger partial charge >= 0.3 is 0 Å². The minimum absolute atomic E-state index is 0.0911. The summed E-state index contributed by atoms with van der Waals surface area (Å²) in [6.07, 6.45) is 1.54. The molecule has 0 fully saturated rings. The number of H-pyrrole nitrogens is 1. The first-order valence-corrected chi connectivity index (χ1v) is 9.37. The molecule has 28 heavy (non-hydrogen) atoms. The summed E-state index contributed by atoms with van der Waals surface area (Å²) in [5.74, 6) is 1.15. The van der Waals surface area contributed by atoms with E-state index in [4.69, 9.17) is 0 Å². The van der Waals surface area contributed by atoms with Crippen LogP contribution in [-0.2, 0) is 7.05 Å². The van der Waals surface area contributed by atoms with Gasteiger partial charge in [-0.2, -0.15) is 5.10 Å². The van der Waals surface area contributed by atoms with Crippen molar-refractivity contribution in [2.45, 2.75) is 24.3 Å². The standard InChI is InChI=1S/C17H17N9OS/c1-10-5-4-6-13(7-10)26-23-15(20-24-26)11(2)28-17-22-21-16(25(17)3)12-8-14(27)19-18-9-12/h4-9,11H,1-3H3,(H,19,27)/t11-/m1/s1. The topological polar surface area (TPSA) is 120 Å². The number of benzene rings is 1. The van der Waals surface area contributed by atoms with Crippen molar-refractivity contribution in [2.75, 3.05) is 0 Å². The first-order chi connectivity index (χ1) is 13.5. The molecule has 11 heteroatoms. The first kappa shape index (κ1) is 18.0. The highest BCUT2D eigenvalue weighted by Crippen LogP contribution is 2.32. The van der Waals surface area contributed by atoms with Gasteiger partial charge in [-0.1, -0.05) is 23.9 Å². The molecule has 0 bridgehead atoms. The lowest BCUT2D eigenvalue weighted by atomic mass is 10.2. The number of rotatable bonds is 5. The molecule has 0 saturated carbocycles. The van der Waals surface area contributed by atoms with E-state index in [9.17, 15) is 4.79 Å². The minimum Gasteiger partial charge on any atom is -0.305 e. The van der Waals surface area contributed by atoms with E-state index in [0.29, 0.717) is 22.4 Å². The van der Waals surface area contributed by atoms with Gasteiger partial charge in [-0.05, 0) is 36.8 Å². The Bertz CT molecular complexity index is 1180. The summed E-state index contributed by atoms with van der Waals surface area (Å²) in [5.41, 5.74) is 2.29. The summed E-state index contributed by atoms with van der Waals surface area (Å²) < 4.78 is 1.81. The number of hydrogen-bond acceptors (Lipinski definition) is 8. The maximum Gasteiger partial charge on any atom is 0.264 e. The van der Waals surface area contributed by atoms with Gasteiger partial charge in [0.2, 0.25) is 0 Å². The van der Waals surface area contributed by atoms with E-state index in [1.807, 2.05) is 49.7 Å². The van der Waals surface area contributed by atoms with E-state index < -0.39 is 0 Å².